The minimum absolute atomic E-state index is 0.148. The fourth-order valence-corrected chi connectivity index (χ4v) is 2.38. The van der Waals surface area contributed by atoms with Crippen molar-refractivity contribution in [2.24, 2.45) is 0 Å². The van der Waals surface area contributed by atoms with Crippen molar-refractivity contribution in [3.8, 4) is 0 Å². The molecule has 1 aliphatic heterocycles. The number of rotatable bonds is 3. The fourth-order valence-electron chi connectivity index (χ4n) is 1.36. The van der Waals surface area contributed by atoms with E-state index in [1.165, 1.54) is 0 Å². The van der Waals surface area contributed by atoms with Crippen LogP contribution >= 0.6 is 0 Å². The van der Waals surface area contributed by atoms with Crippen molar-refractivity contribution in [2.45, 2.75) is 63.8 Å². The second-order valence-electron chi connectivity index (χ2n) is 6.00. The first-order valence-corrected chi connectivity index (χ1v) is 8.70. The monoisotopic (exact) mass is 248 g/mol. The average molecular weight is 248 g/mol. The lowest BCUT2D eigenvalue weighted by Crippen LogP contribution is -2.43. The van der Waals surface area contributed by atoms with Gasteiger partial charge in [0.15, 0.2) is 14.6 Å². The van der Waals surface area contributed by atoms with Gasteiger partial charge in [0.2, 0.25) is 0 Å². The average Bonchev–Trinajstić information content (AvgIpc) is 2.39. The molecule has 1 fully saturated rings. The summed E-state index contributed by atoms with van der Waals surface area (Å²) in [6.07, 6.45) is -1.56. The van der Waals surface area contributed by atoms with E-state index in [1.807, 2.05) is 0 Å². The second-order valence-corrected chi connectivity index (χ2v) is 10.8. The Morgan fingerprint density at radius 1 is 1.31 bits per heavy atom. The zero-order chi connectivity index (χ0) is 12.6. The molecule has 1 unspecified atom stereocenters. The molecule has 0 radical (unpaired) electrons. The Morgan fingerprint density at radius 2 is 1.88 bits per heavy atom. The smallest absolute Gasteiger partial charge is 0.192 e. The molecule has 0 aliphatic carbocycles. The van der Waals surface area contributed by atoms with Gasteiger partial charge in [-0.15, -0.1) is 0 Å². The van der Waals surface area contributed by atoms with Crippen LogP contribution in [0.4, 0.5) is 0 Å². The molecule has 1 aliphatic rings. The summed E-state index contributed by atoms with van der Waals surface area (Å²) in [6, 6.07) is 0. The van der Waals surface area contributed by atoms with Crippen LogP contribution in [0, 0.1) is 0 Å². The van der Waals surface area contributed by atoms with Gasteiger partial charge in [0.1, 0.15) is 6.10 Å². The molecule has 2 N–H and O–H groups in total. The Kier molecular flexibility index (Phi) is 4.18. The summed E-state index contributed by atoms with van der Waals surface area (Å²) in [6.45, 7) is 11.2. The Balaban J connectivity index is 2.46. The third-order valence-corrected chi connectivity index (χ3v) is 8.12. The molecule has 0 bridgehead atoms. The van der Waals surface area contributed by atoms with Gasteiger partial charge in [-0.2, -0.15) is 0 Å². The van der Waals surface area contributed by atoms with Crippen molar-refractivity contribution in [1.82, 2.24) is 0 Å². The maximum atomic E-state index is 9.61. The van der Waals surface area contributed by atoms with E-state index in [9.17, 15) is 10.2 Å². The first-order chi connectivity index (χ1) is 7.13. The Labute approximate surface area is 98.7 Å². The van der Waals surface area contributed by atoms with Gasteiger partial charge in [-0.3, -0.25) is 0 Å². The molecule has 16 heavy (non-hydrogen) atoms. The molecule has 0 aromatic heterocycles. The van der Waals surface area contributed by atoms with E-state index in [0.29, 0.717) is 6.61 Å². The Morgan fingerprint density at radius 3 is 2.25 bits per heavy atom. The molecule has 1 heterocycles. The molecule has 0 saturated carbocycles. The third kappa shape index (κ3) is 3.27. The van der Waals surface area contributed by atoms with Gasteiger partial charge in [-0.1, -0.05) is 20.8 Å². The number of hydrogen-bond acceptors (Lipinski definition) is 4. The standard InChI is InChI=1S/C11H24O4Si/c1-11(2,3)16(4,5)14-7-9-8(12)6-10(13)15-9/h8-10,12-13H,6-7H2,1-5H3/t8-,9-,10?/m1/s1. The highest BCUT2D eigenvalue weighted by atomic mass is 28.4. The van der Waals surface area contributed by atoms with Crippen molar-refractivity contribution >= 4 is 8.32 Å². The lowest BCUT2D eigenvalue weighted by atomic mass is 10.2. The van der Waals surface area contributed by atoms with Crippen LogP contribution in [0.5, 0.6) is 0 Å². The minimum atomic E-state index is -1.80. The largest absolute Gasteiger partial charge is 0.414 e. The van der Waals surface area contributed by atoms with E-state index in [1.54, 1.807) is 0 Å². The topological polar surface area (TPSA) is 58.9 Å². The predicted molar refractivity (Wildman–Crippen MR) is 64.7 cm³/mol. The lowest BCUT2D eigenvalue weighted by molar-refractivity contribution is -0.106. The number of aliphatic hydroxyl groups is 2. The van der Waals surface area contributed by atoms with Crippen LogP contribution in [0.2, 0.25) is 18.1 Å². The van der Waals surface area contributed by atoms with Crippen LogP contribution in [0.15, 0.2) is 0 Å². The molecule has 1 saturated heterocycles. The highest BCUT2D eigenvalue weighted by molar-refractivity contribution is 6.74. The lowest BCUT2D eigenvalue weighted by Gasteiger charge is -2.37. The summed E-state index contributed by atoms with van der Waals surface area (Å²) < 4.78 is 11.1. The van der Waals surface area contributed by atoms with Gasteiger partial charge < -0.3 is 19.4 Å². The minimum Gasteiger partial charge on any atom is -0.414 e. The fraction of sp³-hybridized carbons (Fsp3) is 1.00. The highest BCUT2D eigenvalue weighted by Gasteiger charge is 2.40. The molecule has 5 heteroatoms. The molecule has 0 aromatic rings. The van der Waals surface area contributed by atoms with Crippen LogP contribution in [-0.4, -0.2) is 43.6 Å². The maximum absolute atomic E-state index is 9.61. The van der Waals surface area contributed by atoms with Crippen LogP contribution < -0.4 is 0 Å². The van der Waals surface area contributed by atoms with Crippen molar-refractivity contribution < 1.29 is 19.4 Å². The molecule has 4 nitrogen and oxygen atoms in total. The summed E-state index contributed by atoms with van der Waals surface area (Å²) in [5.41, 5.74) is 0. The van der Waals surface area contributed by atoms with E-state index in [4.69, 9.17) is 9.16 Å². The van der Waals surface area contributed by atoms with Crippen molar-refractivity contribution in [1.29, 1.82) is 0 Å². The second kappa shape index (κ2) is 4.74. The third-order valence-electron chi connectivity index (χ3n) is 3.62. The predicted octanol–water partition coefficient (Wildman–Crippen LogP) is 1.48. The SMILES string of the molecule is CC(C)(C)[Si](C)(C)OC[C@H]1OC(O)C[C@H]1O. The number of hydrogen-bond donors (Lipinski definition) is 2. The summed E-state index contributed by atoms with van der Waals surface area (Å²) in [5, 5.41) is 19.0. The molecule has 1 rings (SSSR count). The zero-order valence-electron chi connectivity index (χ0n) is 10.9. The Bertz CT molecular complexity index is 237. The van der Waals surface area contributed by atoms with Gasteiger partial charge in [0.05, 0.1) is 12.7 Å². The maximum Gasteiger partial charge on any atom is 0.192 e. The highest BCUT2D eigenvalue weighted by Crippen LogP contribution is 2.37. The summed E-state index contributed by atoms with van der Waals surface area (Å²) in [7, 11) is -1.80. The quantitative estimate of drug-likeness (QED) is 0.743. The molecule has 0 aromatic carbocycles. The summed E-state index contributed by atoms with van der Waals surface area (Å²) in [5.74, 6) is 0. The molecule has 0 spiro atoms. The van der Waals surface area contributed by atoms with Crippen molar-refractivity contribution in [3.63, 3.8) is 0 Å². The number of aliphatic hydroxyl groups excluding tert-OH is 2. The normalized spacial score (nSPS) is 32.1. The van der Waals surface area contributed by atoms with Gasteiger partial charge in [0.25, 0.3) is 0 Å². The van der Waals surface area contributed by atoms with Gasteiger partial charge in [-0.25, -0.2) is 0 Å². The number of ether oxygens (including phenoxy) is 1. The summed E-state index contributed by atoms with van der Waals surface area (Å²) in [4.78, 5) is 0. The van der Waals surface area contributed by atoms with Crippen molar-refractivity contribution in [2.75, 3.05) is 6.61 Å². The van der Waals surface area contributed by atoms with E-state index in [2.05, 4.69) is 33.9 Å². The van der Waals surface area contributed by atoms with Gasteiger partial charge in [0, 0.05) is 6.42 Å². The van der Waals surface area contributed by atoms with E-state index in [0.717, 1.165) is 0 Å². The van der Waals surface area contributed by atoms with Crippen LogP contribution in [-0.2, 0) is 9.16 Å². The molecule has 96 valence electrons. The van der Waals surface area contributed by atoms with E-state index < -0.39 is 20.7 Å². The zero-order valence-corrected chi connectivity index (χ0v) is 11.9. The van der Waals surface area contributed by atoms with Crippen LogP contribution in [0.25, 0.3) is 0 Å². The van der Waals surface area contributed by atoms with Crippen molar-refractivity contribution in [3.05, 3.63) is 0 Å². The Hall–Kier alpha value is 0.0569. The van der Waals surface area contributed by atoms with Crippen LogP contribution in [0.3, 0.4) is 0 Å². The van der Waals surface area contributed by atoms with Crippen LogP contribution in [0.1, 0.15) is 27.2 Å². The van der Waals surface area contributed by atoms with E-state index >= 15 is 0 Å². The molecular formula is C11H24O4Si. The first kappa shape index (κ1) is 14.1. The summed E-state index contributed by atoms with van der Waals surface area (Å²) >= 11 is 0. The van der Waals surface area contributed by atoms with E-state index in [-0.39, 0.29) is 17.6 Å². The molecule has 3 atom stereocenters. The van der Waals surface area contributed by atoms with Gasteiger partial charge in [-0.05, 0) is 18.1 Å². The molecular weight excluding hydrogens is 224 g/mol. The first-order valence-electron chi connectivity index (χ1n) is 5.79. The van der Waals surface area contributed by atoms with Gasteiger partial charge >= 0.3 is 0 Å². The molecule has 0 amide bonds.